The molecule has 2 rings (SSSR count). The van der Waals surface area contributed by atoms with Gasteiger partial charge in [0.1, 0.15) is 11.5 Å². The number of hydrogen-bond acceptors (Lipinski definition) is 5. The van der Waals surface area contributed by atoms with Crippen LogP contribution in [0.4, 0.5) is 0 Å². The molecule has 0 saturated heterocycles. The van der Waals surface area contributed by atoms with E-state index < -0.39 is 0 Å². The number of aromatic nitrogens is 2. The van der Waals surface area contributed by atoms with Gasteiger partial charge in [0.25, 0.3) is 0 Å². The summed E-state index contributed by atoms with van der Waals surface area (Å²) in [6.45, 7) is 3.59. The number of carbonyl (C=O) groups excluding carboxylic acids is 1. The van der Waals surface area contributed by atoms with Crippen molar-refractivity contribution < 1.29 is 14.1 Å². The van der Waals surface area contributed by atoms with Gasteiger partial charge in [-0.2, -0.15) is 4.98 Å². The van der Waals surface area contributed by atoms with Gasteiger partial charge in [0, 0.05) is 12.0 Å². The Morgan fingerprint density at radius 2 is 2.26 bits per heavy atom. The van der Waals surface area contributed by atoms with Gasteiger partial charge in [-0.3, -0.25) is 4.79 Å². The Bertz CT molecular complexity index is 578. The molecule has 0 N–H and O–H groups in total. The number of Topliss-reactive ketones (excluding diaryl/α,β-unsaturated/α-hetero) is 1. The van der Waals surface area contributed by atoms with Gasteiger partial charge in [0.15, 0.2) is 0 Å². The molecule has 1 aromatic heterocycles. The van der Waals surface area contributed by atoms with E-state index in [1.807, 2.05) is 31.2 Å². The third-order valence-corrected chi connectivity index (χ3v) is 2.97. The van der Waals surface area contributed by atoms with Gasteiger partial charge >= 0.3 is 0 Å². The molecule has 0 aliphatic carbocycles. The van der Waals surface area contributed by atoms with Crippen molar-refractivity contribution in [3.05, 3.63) is 30.2 Å². The summed E-state index contributed by atoms with van der Waals surface area (Å²) < 4.78 is 10.3. The van der Waals surface area contributed by atoms with Crippen LogP contribution in [0.1, 0.15) is 32.1 Å². The van der Waals surface area contributed by atoms with Crippen molar-refractivity contribution in [2.45, 2.75) is 26.2 Å². The summed E-state index contributed by atoms with van der Waals surface area (Å²) in [6, 6.07) is 7.38. The molecule has 0 aliphatic heterocycles. The largest absolute Gasteiger partial charge is 0.497 e. The van der Waals surface area contributed by atoms with E-state index in [1.165, 1.54) is 0 Å². The average molecular weight is 260 g/mol. The standard InChI is InChI=1S/C14H16N2O3/c1-4-12(17)9(2)14-15-13(16-19-14)10-6-5-7-11(8-10)18-3/h5-9H,4H2,1-3H3. The summed E-state index contributed by atoms with van der Waals surface area (Å²) in [5, 5.41) is 3.91. The molecular formula is C14H16N2O3. The summed E-state index contributed by atoms with van der Waals surface area (Å²) in [7, 11) is 1.60. The van der Waals surface area contributed by atoms with Gasteiger partial charge in [0.2, 0.25) is 11.7 Å². The summed E-state index contributed by atoms with van der Waals surface area (Å²) in [5.41, 5.74) is 0.797. The Morgan fingerprint density at radius 3 is 2.95 bits per heavy atom. The lowest BCUT2D eigenvalue weighted by Crippen LogP contribution is -2.07. The van der Waals surface area contributed by atoms with E-state index >= 15 is 0 Å². The molecule has 1 unspecified atom stereocenters. The van der Waals surface area contributed by atoms with Crippen LogP contribution < -0.4 is 4.74 Å². The maximum absolute atomic E-state index is 11.6. The Hall–Kier alpha value is -2.17. The van der Waals surface area contributed by atoms with E-state index in [4.69, 9.17) is 9.26 Å². The van der Waals surface area contributed by atoms with Gasteiger partial charge in [-0.1, -0.05) is 24.2 Å². The van der Waals surface area contributed by atoms with Crippen LogP contribution in [0, 0.1) is 0 Å². The van der Waals surface area contributed by atoms with Gasteiger partial charge in [0.05, 0.1) is 13.0 Å². The molecule has 2 aromatic rings. The van der Waals surface area contributed by atoms with Crippen molar-refractivity contribution in [2.75, 3.05) is 7.11 Å². The second-order valence-electron chi connectivity index (χ2n) is 4.23. The predicted octanol–water partition coefficient (Wildman–Crippen LogP) is 2.83. The first-order chi connectivity index (χ1) is 9.15. The predicted molar refractivity (Wildman–Crippen MR) is 70.0 cm³/mol. The normalized spacial score (nSPS) is 12.2. The van der Waals surface area contributed by atoms with Crippen molar-refractivity contribution in [1.82, 2.24) is 10.1 Å². The maximum atomic E-state index is 11.6. The highest BCUT2D eigenvalue weighted by molar-refractivity contribution is 5.84. The van der Waals surface area contributed by atoms with Crippen LogP contribution in [-0.2, 0) is 4.79 Å². The lowest BCUT2D eigenvalue weighted by Gasteiger charge is -2.01. The van der Waals surface area contributed by atoms with Gasteiger partial charge < -0.3 is 9.26 Å². The molecule has 0 radical (unpaired) electrons. The molecule has 0 fully saturated rings. The zero-order chi connectivity index (χ0) is 13.8. The number of carbonyl (C=O) groups is 1. The van der Waals surface area contributed by atoms with Crippen molar-refractivity contribution in [2.24, 2.45) is 0 Å². The number of benzene rings is 1. The Labute approximate surface area is 111 Å². The molecule has 1 aromatic carbocycles. The van der Waals surface area contributed by atoms with Crippen LogP contribution in [0.5, 0.6) is 5.75 Å². The fraction of sp³-hybridized carbons (Fsp3) is 0.357. The molecule has 0 saturated carbocycles. The second-order valence-corrected chi connectivity index (χ2v) is 4.23. The Kier molecular flexibility index (Phi) is 3.94. The molecule has 1 heterocycles. The van der Waals surface area contributed by atoms with Crippen molar-refractivity contribution >= 4 is 5.78 Å². The topological polar surface area (TPSA) is 65.2 Å². The molecule has 19 heavy (non-hydrogen) atoms. The number of nitrogens with zero attached hydrogens (tertiary/aromatic N) is 2. The zero-order valence-electron chi connectivity index (χ0n) is 11.2. The third kappa shape index (κ3) is 2.81. The molecule has 0 amide bonds. The first-order valence-corrected chi connectivity index (χ1v) is 6.16. The molecule has 0 aliphatic rings. The Balaban J connectivity index is 2.27. The van der Waals surface area contributed by atoms with Crippen molar-refractivity contribution in [3.63, 3.8) is 0 Å². The highest BCUT2D eigenvalue weighted by Crippen LogP contribution is 2.23. The average Bonchev–Trinajstić information content (AvgIpc) is 2.95. The lowest BCUT2D eigenvalue weighted by molar-refractivity contribution is -0.120. The number of ether oxygens (including phenoxy) is 1. The van der Waals surface area contributed by atoms with E-state index in [0.717, 1.165) is 11.3 Å². The Morgan fingerprint density at radius 1 is 1.47 bits per heavy atom. The first kappa shape index (κ1) is 13.3. The van der Waals surface area contributed by atoms with Gasteiger partial charge in [-0.05, 0) is 19.1 Å². The monoisotopic (exact) mass is 260 g/mol. The van der Waals surface area contributed by atoms with E-state index in [2.05, 4.69) is 10.1 Å². The molecule has 0 bridgehead atoms. The lowest BCUT2D eigenvalue weighted by atomic mass is 10.1. The highest BCUT2D eigenvalue weighted by atomic mass is 16.5. The van der Waals surface area contributed by atoms with Crippen LogP contribution in [0.25, 0.3) is 11.4 Å². The number of hydrogen-bond donors (Lipinski definition) is 0. The fourth-order valence-electron chi connectivity index (χ4n) is 1.73. The van der Waals surface area contributed by atoms with E-state index in [9.17, 15) is 4.79 Å². The van der Waals surface area contributed by atoms with Crippen LogP contribution in [0.3, 0.4) is 0 Å². The molecule has 1 atom stereocenters. The molecule has 5 heteroatoms. The summed E-state index contributed by atoms with van der Waals surface area (Å²) in [6.07, 6.45) is 0.456. The quantitative estimate of drug-likeness (QED) is 0.827. The minimum Gasteiger partial charge on any atom is -0.497 e. The molecule has 100 valence electrons. The maximum Gasteiger partial charge on any atom is 0.237 e. The smallest absolute Gasteiger partial charge is 0.237 e. The summed E-state index contributed by atoms with van der Waals surface area (Å²) in [5.74, 6) is 1.26. The van der Waals surface area contributed by atoms with E-state index in [-0.39, 0.29) is 11.7 Å². The van der Waals surface area contributed by atoms with Crippen molar-refractivity contribution in [1.29, 1.82) is 0 Å². The zero-order valence-corrected chi connectivity index (χ0v) is 11.2. The number of ketones is 1. The van der Waals surface area contributed by atoms with Crippen LogP contribution in [-0.4, -0.2) is 23.0 Å². The van der Waals surface area contributed by atoms with Gasteiger partial charge in [-0.25, -0.2) is 0 Å². The minimum absolute atomic E-state index is 0.0841. The molecule has 0 spiro atoms. The molecular weight excluding hydrogens is 244 g/mol. The van der Waals surface area contributed by atoms with Crippen LogP contribution in [0.2, 0.25) is 0 Å². The number of methoxy groups -OCH3 is 1. The van der Waals surface area contributed by atoms with Gasteiger partial charge in [-0.15, -0.1) is 0 Å². The first-order valence-electron chi connectivity index (χ1n) is 6.16. The second kappa shape index (κ2) is 5.65. The number of rotatable bonds is 5. The SMILES string of the molecule is CCC(=O)C(C)c1nc(-c2cccc(OC)c2)no1. The highest BCUT2D eigenvalue weighted by Gasteiger charge is 2.20. The fourth-order valence-corrected chi connectivity index (χ4v) is 1.73. The van der Waals surface area contributed by atoms with E-state index in [1.54, 1.807) is 14.0 Å². The molecule has 5 nitrogen and oxygen atoms in total. The third-order valence-electron chi connectivity index (χ3n) is 2.97. The van der Waals surface area contributed by atoms with Crippen molar-refractivity contribution in [3.8, 4) is 17.1 Å². The van der Waals surface area contributed by atoms with Crippen LogP contribution >= 0.6 is 0 Å². The van der Waals surface area contributed by atoms with E-state index in [0.29, 0.717) is 18.1 Å². The summed E-state index contributed by atoms with van der Waals surface area (Å²) in [4.78, 5) is 15.9. The van der Waals surface area contributed by atoms with Crippen LogP contribution in [0.15, 0.2) is 28.8 Å². The minimum atomic E-state index is -0.364. The summed E-state index contributed by atoms with van der Waals surface area (Å²) >= 11 is 0.